The number of carbonyl (C=O) groups excluding carboxylic acids is 2. The number of aromatic nitrogens is 3. The number of amides is 2. The monoisotopic (exact) mass is 393 g/mol. The van der Waals surface area contributed by atoms with Crippen LogP contribution < -0.4 is 10.6 Å². The first kappa shape index (κ1) is 20.4. The molecule has 2 aromatic rings. The highest BCUT2D eigenvalue weighted by atomic mass is 35.5. The van der Waals surface area contributed by atoms with Gasteiger partial charge in [0.15, 0.2) is 0 Å². The lowest BCUT2D eigenvalue weighted by Gasteiger charge is -2.10. The molecule has 1 aromatic carbocycles. The van der Waals surface area contributed by atoms with E-state index in [0.717, 1.165) is 4.68 Å². The van der Waals surface area contributed by atoms with E-state index in [0.29, 0.717) is 17.8 Å². The van der Waals surface area contributed by atoms with Crippen LogP contribution in [0.1, 0.15) is 36.3 Å². The molecule has 2 amide bonds. The summed E-state index contributed by atoms with van der Waals surface area (Å²) in [6.45, 7) is 3.61. The van der Waals surface area contributed by atoms with Crippen molar-refractivity contribution in [1.82, 2.24) is 20.3 Å². The molecule has 1 aromatic heterocycles. The molecule has 144 valence electrons. The summed E-state index contributed by atoms with van der Waals surface area (Å²) in [7, 11) is 0. The fraction of sp³-hybridized carbons (Fsp3) is 0.353. The number of hydrogen-bond acceptors (Lipinski definition) is 5. The number of aliphatic carboxylic acids is 1. The molecule has 1 heterocycles. The van der Waals surface area contributed by atoms with Crippen molar-refractivity contribution >= 4 is 35.1 Å². The summed E-state index contributed by atoms with van der Waals surface area (Å²) < 4.78 is 1.15. The Bertz CT molecular complexity index is 850. The van der Waals surface area contributed by atoms with E-state index in [1.165, 1.54) is 18.3 Å². The first-order valence-corrected chi connectivity index (χ1v) is 8.60. The SMILES string of the molecule is CC(C)CC(=O)Nc1ccc(Cl)c(C(=O)NCc2cn(CC(=O)O)nn2)c1. The van der Waals surface area contributed by atoms with Crippen molar-refractivity contribution in [2.45, 2.75) is 33.4 Å². The molecule has 3 N–H and O–H groups in total. The van der Waals surface area contributed by atoms with Crippen LogP contribution in [0.3, 0.4) is 0 Å². The summed E-state index contributed by atoms with van der Waals surface area (Å²) in [5.74, 6) is -1.42. The number of nitrogens with zero attached hydrogens (tertiary/aromatic N) is 3. The fourth-order valence-corrected chi connectivity index (χ4v) is 2.46. The highest BCUT2D eigenvalue weighted by Gasteiger charge is 2.14. The van der Waals surface area contributed by atoms with Gasteiger partial charge in [-0.1, -0.05) is 30.7 Å². The third kappa shape index (κ3) is 6.37. The fourth-order valence-electron chi connectivity index (χ4n) is 2.26. The van der Waals surface area contributed by atoms with Crippen LogP contribution in [0.4, 0.5) is 5.69 Å². The van der Waals surface area contributed by atoms with E-state index in [1.807, 2.05) is 13.8 Å². The van der Waals surface area contributed by atoms with E-state index in [4.69, 9.17) is 16.7 Å². The maximum absolute atomic E-state index is 12.4. The minimum atomic E-state index is -1.04. The molecule has 0 fully saturated rings. The predicted molar refractivity (Wildman–Crippen MR) is 98.4 cm³/mol. The summed E-state index contributed by atoms with van der Waals surface area (Å²) in [5.41, 5.74) is 1.08. The Kier molecular flexibility index (Phi) is 6.89. The van der Waals surface area contributed by atoms with E-state index in [-0.39, 0.29) is 35.5 Å². The van der Waals surface area contributed by atoms with Gasteiger partial charge in [0.2, 0.25) is 5.91 Å². The van der Waals surface area contributed by atoms with Crippen LogP contribution in [-0.2, 0) is 22.7 Å². The summed E-state index contributed by atoms with van der Waals surface area (Å²) in [6, 6.07) is 4.65. The van der Waals surface area contributed by atoms with Gasteiger partial charge in [0.05, 0.1) is 23.3 Å². The zero-order chi connectivity index (χ0) is 20.0. The highest BCUT2D eigenvalue weighted by molar-refractivity contribution is 6.34. The number of hydrogen-bond donors (Lipinski definition) is 3. The Labute approximate surface area is 160 Å². The van der Waals surface area contributed by atoms with Gasteiger partial charge in [0, 0.05) is 12.1 Å². The van der Waals surface area contributed by atoms with Crippen LogP contribution in [-0.4, -0.2) is 37.9 Å². The van der Waals surface area contributed by atoms with Gasteiger partial charge in [-0.25, -0.2) is 4.68 Å². The molecule has 0 radical (unpaired) electrons. The first-order chi connectivity index (χ1) is 12.7. The molecule has 0 aliphatic carbocycles. The number of nitrogens with one attached hydrogen (secondary N) is 2. The lowest BCUT2D eigenvalue weighted by Crippen LogP contribution is -2.23. The maximum Gasteiger partial charge on any atom is 0.325 e. The molecule has 0 aliphatic rings. The van der Waals surface area contributed by atoms with Gasteiger partial charge in [-0.15, -0.1) is 5.10 Å². The summed E-state index contributed by atoms with van der Waals surface area (Å²) in [6.07, 6.45) is 1.80. The van der Waals surface area contributed by atoms with Gasteiger partial charge in [-0.2, -0.15) is 0 Å². The van der Waals surface area contributed by atoms with Gasteiger partial charge in [-0.05, 0) is 24.1 Å². The predicted octanol–water partition coefficient (Wildman–Crippen LogP) is 1.93. The van der Waals surface area contributed by atoms with Crippen molar-refractivity contribution < 1.29 is 19.5 Å². The maximum atomic E-state index is 12.4. The van der Waals surface area contributed by atoms with Gasteiger partial charge in [0.25, 0.3) is 5.91 Å². The summed E-state index contributed by atoms with van der Waals surface area (Å²) >= 11 is 6.08. The largest absolute Gasteiger partial charge is 0.480 e. The molecule has 2 rings (SSSR count). The standard InChI is InChI=1S/C17H20ClN5O4/c1-10(2)5-15(24)20-11-3-4-14(18)13(6-11)17(27)19-7-12-8-23(22-21-12)9-16(25)26/h3-4,6,8,10H,5,7,9H2,1-2H3,(H,19,27)(H,20,24)(H,25,26). The number of halogens is 1. The molecule has 10 heteroatoms. The number of carboxylic acids is 1. The first-order valence-electron chi connectivity index (χ1n) is 8.23. The normalized spacial score (nSPS) is 10.7. The van der Waals surface area contributed by atoms with Crippen molar-refractivity contribution in [3.05, 3.63) is 40.7 Å². The Balaban J connectivity index is 2.00. The zero-order valence-electron chi connectivity index (χ0n) is 14.9. The van der Waals surface area contributed by atoms with Crippen molar-refractivity contribution in [1.29, 1.82) is 0 Å². The minimum Gasteiger partial charge on any atom is -0.480 e. The third-order valence-corrected chi connectivity index (χ3v) is 3.73. The molecule has 0 unspecified atom stereocenters. The molecule has 0 spiro atoms. The molecular weight excluding hydrogens is 374 g/mol. The Morgan fingerprint density at radius 2 is 2.04 bits per heavy atom. The van der Waals surface area contributed by atoms with Gasteiger partial charge >= 0.3 is 5.97 Å². The van der Waals surface area contributed by atoms with E-state index in [9.17, 15) is 14.4 Å². The molecule has 0 saturated carbocycles. The van der Waals surface area contributed by atoms with E-state index in [1.54, 1.807) is 6.07 Å². The van der Waals surface area contributed by atoms with Crippen LogP contribution in [0, 0.1) is 5.92 Å². The second-order valence-electron chi connectivity index (χ2n) is 6.32. The smallest absolute Gasteiger partial charge is 0.325 e. The van der Waals surface area contributed by atoms with Crippen molar-refractivity contribution in [3.63, 3.8) is 0 Å². The van der Waals surface area contributed by atoms with E-state index < -0.39 is 11.9 Å². The average Bonchev–Trinajstić information content (AvgIpc) is 3.00. The Morgan fingerprint density at radius 1 is 1.30 bits per heavy atom. The van der Waals surface area contributed by atoms with Crippen LogP contribution in [0.15, 0.2) is 24.4 Å². The van der Waals surface area contributed by atoms with Crippen molar-refractivity contribution in [2.75, 3.05) is 5.32 Å². The molecular formula is C17H20ClN5O4. The number of anilines is 1. The average molecular weight is 394 g/mol. The number of carboxylic acid groups (broad SMARTS) is 1. The Hall–Kier alpha value is -2.94. The van der Waals surface area contributed by atoms with Gasteiger partial charge in [0.1, 0.15) is 12.2 Å². The summed E-state index contributed by atoms with van der Waals surface area (Å²) in [5, 5.41) is 21.8. The quantitative estimate of drug-likeness (QED) is 0.629. The van der Waals surface area contributed by atoms with Crippen LogP contribution in [0.2, 0.25) is 5.02 Å². The van der Waals surface area contributed by atoms with Gasteiger partial charge in [-0.3, -0.25) is 14.4 Å². The zero-order valence-corrected chi connectivity index (χ0v) is 15.7. The molecule has 0 atom stereocenters. The Morgan fingerprint density at radius 3 is 2.70 bits per heavy atom. The number of carbonyl (C=O) groups is 3. The second-order valence-corrected chi connectivity index (χ2v) is 6.73. The molecule has 0 saturated heterocycles. The van der Waals surface area contributed by atoms with Crippen LogP contribution >= 0.6 is 11.6 Å². The third-order valence-electron chi connectivity index (χ3n) is 3.40. The lowest BCUT2D eigenvalue weighted by molar-refractivity contribution is -0.137. The van der Waals surface area contributed by atoms with Crippen molar-refractivity contribution in [2.24, 2.45) is 5.92 Å². The molecule has 0 bridgehead atoms. The molecule has 0 aliphatic heterocycles. The van der Waals surface area contributed by atoms with E-state index in [2.05, 4.69) is 20.9 Å². The number of benzene rings is 1. The molecule has 9 nitrogen and oxygen atoms in total. The van der Waals surface area contributed by atoms with Gasteiger partial charge < -0.3 is 15.7 Å². The van der Waals surface area contributed by atoms with Crippen molar-refractivity contribution in [3.8, 4) is 0 Å². The highest BCUT2D eigenvalue weighted by Crippen LogP contribution is 2.21. The lowest BCUT2D eigenvalue weighted by atomic mass is 10.1. The minimum absolute atomic E-state index is 0.0543. The van der Waals surface area contributed by atoms with Crippen LogP contribution in [0.25, 0.3) is 0 Å². The number of rotatable bonds is 8. The second kappa shape index (κ2) is 9.13. The van der Waals surface area contributed by atoms with Crippen LogP contribution in [0.5, 0.6) is 0 Å². The van der Waals surface area contributed by atoms with E-state index >= 15 is 0 Å². The topological polar surface area (TPSA) is 126 Å². The summed E-state index contributed by atoms with van der Waals surface area (Å²) in [4.78, 5) is 34.9. The molecule has 27 heavy (non-hydrogen) atoms.